The van der Waals surface area contributed by atoms with Crippen LogP contribution in [0.1, 0.15) is 49.3 Å². The molecule has 2 aromatic carbocycles. The van der Waals surface area contributed by atoms with Gasteiger partial charge in [-0.3, -0.25) is 9.36 Å². The summed E-state index contributed by atoms with van der Waals surface area (Å²) < 4.78 is 2.23. The Morgan fingerprint density at radius 2 is 1.97 bits per heavy atom. The molecule has 0 unspecified atom stereocenters. The van der Waals surface area contributed by atoms with Crippen LogP contribution in [0.3, 0.4) is 0 Å². The van der Waals surface area contributed by atoms with Gasteiger partial charge in [-0.1, -0.05) is 84.6 Å². The van der Waals surface area contributed by atoms with E-state index in [1.54, 1.807) is 18.3 Å². The zero-order valence-electron chi connectivity index (χ0n) is 18.0. The van der Waals surface area contributed by atoms with Crippen molar-refractivity contribution < 1.29 is 4.79 Å². The van der Waals surface area contributed by atoms with Gasteiger partial charge >= 0.3 is 0 Å². The minimum Gasteiger partial charge on any atom is -0.299 e. The first-order valence-corrected chi connectivity index (χ1v) is 12.2. The second kappa shape index (κ2) is 10.8. The lowest BCUT2D eigenvalue weighted by Crippen LogP contribution is -2.20. The smallest absolute Gasteiger partial charge is 0.250 e. The first-order valence-electron chi connectivity index (χ1n) is 10.8. The fourth-order valence-electron chi connectivity index (χ4n) is 3.87. The zero-order valence-corrected chi connectivity index (χ0v) is 19.6. The number of rotatable bonds is 7. The normalized spacial score (nSPS) is 14.7. The number of thioether (sulfide) groups is 1. The Kier molecular flexibility index (Phi) is 7.60. The summed E-state index contributed by atoms with van der Waals surface area (Å²) in [6.07, 6.45) is 7.49. The van der Waals surface area contributed by atoms with Crippen molar-refractivity contribution in [3.05, 3.63) is 64.7 Å². The van der Waals surface area contributed by atoms with Gasteiger partial charge in [0.15, 0.2) is 11.0 Å². The minimum atomic E-state index is -0.191. The molecule has 1 aliphatic rings. The molecular weight excluding hydrogens is 442 g/mol. The standard InChI is InChI=1S/C24H26ClN5OS/c1-17-10-12-19(13-11-17)23-28-29-24(30(23)21-8-3-2-4-9-21)32-16-22(31)27-26-15-18-6-5-7-20(25)14-18/h5-7,10-15,21H,2-4,8-9,16H2,1H3,(H,27,31)/b26-15+. The number of hydrogen-bond acceptors (Lipinski definition) is 5. The van der Waals surface area contributed by atoms with Gasteiger partial charge in [-0.25, -0.2) is 5.43 Å². The highest BCUT2D eigenvalue weighted by molar-refractivity contribution is 7.99. The van der Waals surface area contributed by atoms with Gasteiger partial charge in [-0.2, -0.15) is 5.10 Å². The van der Waals surface area contributed by atoms with Crippen LogP contribution in [-0.2, 0) is 4.79 Å². The summed E-state index contributed by atoms with van der Waals surface area (Å²) in [6.45, 7) is 2.07. The number of aryl methyl sites for hydroxylation is 1. The number of hydrazone groups is 1. The highest BCUT2D eigenvalue weighted by Crippen LogP contribution is 2.35. The molecule has 1 aliphatic carbocycles. The maximum atomic E-state index is 12.3. The SMILES string of the molecule is Cc1ccc(-c2nnc(SCC(=O)N/N=C/c3cccc(Cl)c3)n2C2CCCCC2)cc1. The summed E-state index contributed by atoms with van der Waals surface area (Å²) in [4.78, 5) is 12.3. The predicted molar refractivity (Wildman–Crippen MR) is 130 cm³/mol. The monoisotopic (exact) mass is 467 g/mol. The van der Waals surface area contributed by atoms with Crippen molar-refractivity contribution in [1.29, 1.82) is 0 Å². The molecule has 0 radical (unpaired) electrons. The number of halogens is 1. The maximum Gasteiger partial charge on any atom is 0.250 e. The van der Waals surface area contributed by atoms with Gasteiger partial charge in [0, 0.05) is 16.6 Å². The quantitative estimate of drug-likeness (QED) is 0.276. The number of aromatic nitrogens is 3. The highest BCUT2D eigenvalue weighted by atomic mass is 35.5. The molecule has 0 atom stereocenters. The van der Waals surface area contributed by atoms with Gasteiger partial charge in [0.25, 0.3) is 5.91 Å². The number of nitrogens with zero attached hydrogens (tertiary/aromatic N) is 4. The minimum absolute atomic E-state index is 0.191. The average molecular weight is 468 g/mol. The molecular formula is C24H26ClN5OS. The second-order valence-electron chi connectivity index (χ2n) is 7.97. The molecule has 1 aromatic heterocycles. The van der Waals surface area contributed by atoms with Crippen molar-refractivity contribution in [2.75, 3.05) is 5.75 Å². The van der Waals surface area contributed by atoms with Crippen molar-refractivity contribution >= 4 is 35.5 Å². The van der Waals surface area contributed by atoms with Gasteiger partial charge in [-0.05, 0) is 37.5 Å². The molecule has 32 heavy (non-hydrogen) atoms. The first-order chi connectivity index (χ1) is 15.6. The van der Waals surface area contributed by atoms with Gasteiger partial charge in [-0.15, -0.1) is 10.2 Å². The van der Waals surface area contributed by atoms with Gasteiger partial charge < -0.3 is 0 Å². The first kappa shape index (κ1) is 22.6. The third-order valence-corrected chi connectivity index (χ3v) is 6.68. The van der Waals surface area contributed by atoms with Crippen molar-refractivity contribution in [2.24, 2.45) is 5.10 Å². The summed E-state index contributed by atoms with van der Waals surface area (Å²) in [5.74, 6) is 0.896. The molecule has 6 nitrogen and oxygen atoms in total. The predicted octanol–water partition coefficient (Wildman–Crippen LogP) is 5.65. The summed E-state index contributed by atoms with van der Waals surface area (Å²) in [5, 5.41) is 14.4. The largest absolute Gasteiger partial charge is 0.299 e. The van der Waals surface area contributed by atoms with E-state index in [0.29, 0.717) is 11.1 Å². The van der Waals surface area contributed by atoms with E-state index in [0.717, 1.165) is 34.9 Å². The van der Waals surface area contributed by atoms with Crippen LogP contribution in [0.2, 0.25) is 5.02 Å². The topological polar surface area (TPSA) is 72.2 Å². The Hall–Kier alpha value is -2.64. The fraction of sp³-hybridized carbons (Fsp3) is 0.333. The Balaban J connectivity index is 1.45. The molecule has 0 spiro atoms. The van der Waals surface area contributed by atoms with Crippen molar-refractivity contribution in [3.8, 4) is 11.4 Å². The molecule has 1 fully saturated rings. The highest BCUT2D eigenvalue weighted by Gasteiger charge is 2.24. The summed E-state index contributed by atoms with van der Waals surface area (Å²) in [7, 11) is 0. The van der Waals surface area contributed by atoms with E-state index in [1.165, 1.54) is 36.6 Å². The van der Waals surface area contributed by atoms with E-state index in [-0.39, 0.29) is 11.7 Å². The molecule has 0 aliphatic heterocycles. The van der Waals surface area contributed by atoms with Gasteiger partial charge in [0.1, 0.15) is 0 Å². The number of nitrogens with one attached hydrogen (secondary N) is 1. The van der Waals surface area contributed by atoms with Crippen LogP contribution in [0.25, 0.3) is 11.4 Å². The van der Waals surface area contributed by atoms with Crippen molar-refractivity contribution in [3.63, 3.8) is 0 Å². The number of carbonyl (C=O) groups excluding carboxylic acids is 1. The van der Waals surface area contributed by atoms with Crippen molar-refractivity contribution in [1.82, 2.24) is 20.2 Å². The Bertz CT molecular complexity index is 1090. The number of hydrogen-bond donors (Lipinski definition) is 1. The molecule has 1 saturated carbocycles. The number of carbonyl (C=O) groups is 1. The maximum absolute atomic E-state index is 12.3. The lowest BCUT2D eigenvalue weighted by atomic mass is 9.95. The van der Waals surface area contributed by atoms with Crippen LogP contribution >= 0.6 is 23.4 Å². The van der Waals surface area contributed by atoms with E-state index in [4.69, 9.17) is 11.6 Å². The van der Waals surface area contributed by atoms with Crippen LogP contribution in [0.5, 0.6) is 0 Å². The Morgan fingerprint density at radius 1 is 1.19 bits per heavy atom. The molecule has 0 saturated heterocycles. The third kappa shape index (κ3) is 5.78. The number of benzene rings is 2. The lowest BCUT2D eigenvalue weighted by molar-refractivity contribution is -0.118. The van der Waals surface area contributed by atoms with Gasteiger partial charge in [0.05, 0.1) is 12.0 Å². The molecule has 3 aromatic rings. The molecule has 4 rings (SSSR count). The molecule has 1 amide bonds. The van der Waals surface area contributed by atoms with Crippen LogP contribution in [0.15, 0.2) is 58.8 Å². The Labute approximate surface area is 197 Å². The molecule has 0 bridgehead atoms. The molecule has 1 N–H and O–H groups in total. The average Bonchev–Trinajstić information content (AvgIpc) is 3.23. The third-order valence-electron chi connectivity index (χ3n) is 5.50. The van der Waals surface area contributed by atoms with Crippen LogP contribution < -0.4 is 5.43 Å². The van der Waals surface area contributed by atoms with Gasteiger partial charge in [0.2, 0.25) is 0 Å². The summed E-state index contributed by atoms with van der Waals surface area (Å²) in [5.41, 5.74) is 5.66. The number of amides is 1. The van der Waals surface area contributed by atoms with Crippen LogP contribution in [0.4, 0.5) is 0 Å². The zero-order chi connectivity index (χ0) is 22.3. The molecule has 8 heteroatoms. The van der Waals surface area contributed by atoms with E-state index < -0.39 is 0 Å². The lowest BCUT2D eigenvalue weighted by Gasteiger charge is -2.25. The van der Waals surface area contributed by atoms with E-state index in [9.17, 15) is 4.79 Å². The van der Waals surface area contributed by atoms with E-state index in [2.05, 4.69) is 56.5 Å². The van der Waals surface area contributed by atoms with Crippen LogP contribution in [-0.4, -0.2) is 32.6 Å². The van der Waals surface area contributed by atoms with E-state index in [1.807, 2.05) is 12.1 Å². The van der Waals surface area contributed by atoms with Crippen LogP contribution in [0, 0.1) is 6.92 Å². The summed E-state index contributed by atoms with van der Waals surface area (Å²) >= 11 is 7.37. The second-order valence-corrected chi connectivity index (χ2v) is 9.35. The Morgan fingerprint density at radius 3 is 2.72 bits per heavy atom. The van der Waals surface area contributed by atoms with E-state index >= 15 is 0 Å². The molecule has 166 valence electrons. The van der Waals surface area contributed by atoms with Crippen molar-refractivity contribution in [2.45, 2.75) is 50.2 Å². The summed E-state index contributed by atoms with van der Waals surface area (Å²) in [6, 6.07) is 16.0. The fourth-order valence-corrected chi connectivity index (χ4v) is 4.87. The molecule has 1 heterocycles.